The summed E-state index contributed by atoms with van der Waals surface area (Å²) >= 11 is 0. The zero-order valence-electron chi connectivity index (χ0n) is 11.1. The molecule has 21 heavy (non-hydrogen) atoms. The lowest BCUT2D eigenvalue weighted by Gasteiger charge is -2.14. The normalized spacial score (nSPS) is 17.0. The molecule has 1 aromatic rings. The van der Waals surface area contributed by atoms with E-state index in [1.165, 1.54) is 29.3 Å². The molecule has 0 saturated heterocycles. The zero-order valence-corrected chi connectivity index (χ0v) is 11.9. The van der Waals surface area contributed by atoms with Crippen molar-refractivity contribution in [2.75, 3.05) is 5.01 Å². The minimum absolute atomic E-state index is 0.172. The highest BCUT2D eigenvalue weighted by Gasteiger charge is 2.22. The van der Waals surface area contributed by atoms with Gasteiger partial charge in [0.1, 0.15) is 0 Å². The Morgan fingerprint density at radius 1 is 1.33 bits per heavy atom. The molecule has 1 aromatic carbocycles. The lowest BCUT2D eigenvalue weighted by atomic mass is 10.3. The predicted molar refractivity (Wildman–Crippen MR) is 79.7 cm³/mol. The van der Waals surface area contributed by atoms with E-state index in [9.17, 15) is 8.42 Å². The Morgan fingerprint density at radius 2 is 1.95 bits per heavy atom. The second kappa shape index (κ2) is 5.50. The average molecular weight is 310 g/mol. The fourth-order valence-electron chi connectivity index (χ4n) is 1.73. The van der Waals surface area contributed by atoms with Gasteiger partial charge in [-0.3, -0.25) is 4.55 Å². The summed E-state index contributed by atoms with van der Waals surface area (Å²) in [4.78, 5) is -0.200. The van der Waals surface area contributed by atoms with Crippen LogP contribution in [0.2, 0.25) is 0 Å². The number of nitrogens with two attached hydrogens (primary N) is 2. The first-order valence-electron chi connectivity index (χ1n) is 5.84. The van der Waals surface area contributed by atoms with Crippen LogP contribution in [0, 0.1) is 0 Å². The van der Waals surface area contributed by atoms with Crippen LogP contribution >= 0.6 is 0 Å². The molecule has 1 aliphatic heterocycles. The fraction of sp³-hybridized carbons (Fsp3) is 0.182. The van der Waals surface area contributed by atoms with E-state index in [2.05, 4.69) is 15.3 Å². The summed E-state index contributed by atoms with van der Waals surface area (Å²) in [5, 5.41) is 13.2. The van der Waals surface area contributed by atoms with Crippen LogP contribution in [-0.4, -0.2) is 30.5 Å². The molecule has 0 aliphatic carbocycles. The molecule has 5 N–H and O–H groups in total. The first-order valence-corrected chi connectivity index (χ1v) is 7.28. The summed E-state index contributed by atoms with van der Waals surface area (Å²) in [6, 6.07) is 5.53. The van der Waals surface area contributed by atoms with Crippen molar-refractivity contribution in [1.82, 2.24) is 0 Å². The summed E-state index contributed by atoms with van der Waals surface area (Å²) < 4.78 is 31.0. The first kappa shape index (κ1) is 14.9. The fourth-order valence-corrected chi connectivity index (χ4v) is 2.21. The van der Waals surface area contributed by atoms with Gasteiger partial charge in [-0.2, -0.15) is 13.5 Å². The summed E-state index contributed by atoms with van der Waals surface area (Å²) in [6.07, 6.45) is 0.469. The van der Waals surface area contributed by atoms with Gasteiger partial charge in [-0.25, -0.2) is 5.01 Å². The molecule has 0 bridgehead atoms. The summed E-state index contributed by atoms with van der Waals surface area (Å²) in [7, 11) is -4.23. The molecule has 2 rings (SSSR count). The highest BCUT2D eigenvalue weighted by Crippen LogP contribution is 2.23. The van der Waals surface area contributed by atoms with Crippen molar-refractivity contribution < 1.29 is 13.0 Å². The van der Waals surface area contributed by atoms with Gasteiger partial charge in [-0.15, -0.1) is 10.2 Å². The van der Waals surface area contributed by atoms with E-state index in [0.717, 1.165) is 5.71 Å². The highest BCUT2D eigenvalue weighted by atomic mass is 32.2. The largest absolute Gasteiger partial charge is 0.369 e. The van der Waals surface area contributed by atoms with Crippen molar-refractivity contribution in [2.45, 2.75) is 18.2 Å². The number of rotatable bonds is 3. The Morgan fingerprint density at radius 3 is 2.48 bits per heavy atom. The standard InChI is InChI=1S/C11H14N6O3S/c1-7-6-10(14-15-11(12)13)17(16-7)8-2-4-9(5-3-8)21(18,19)20/h2-5H,6H2,1H3,(H4,12,13,15)(H,18,19,20)/b14-10+. The molecular formula is C11H14N6O3S. The van der Waals surface area contributed by atoms with E-state index in [-0.39, 0.29) is 10.9 Å². The lowest BCUT2D eigenvalue weighted by molar-refractivity contribution is 0.483. The first-order chi connectivity index (χ1) is 9.77. The van der Waals surface area contributed by atoms with Gasteiger partial charge in [0.2, 0.25) is 5.96 Å². The second-order valence-electron chi connectivity index (χ2n) is 4.33. The van der Waals surface area contributed by atoms with Crippen LogP contribution in [0.15, 0.2) is 44.5 Å². The third-order valence-electron chi connectivity index (χ3n) is 2.59. The second-order valence-corrected chi connectivity index (χ2v) is 5.76. The van der Waals surface area contributed by atoms with Crippen LogP contribution in [-0.2, 0) is 10.1 Å². The minimum atomic E-state index is -4.23. The van der Waals surface area contributed by atoms with Crippen molar-refractivity contribution in [2.24, 2.45) is 26.8 Å². The van der Waals surface area contributed by atoms with Crippen molar-refractivity contribution in [1.29, 1.82) is 0 Å². The molecule has 0 spiro atoms. The number of guanidine groups is 1. The molecule has 9 nitrogen and oxygen atoms in total. The number of nitrogens with zero attached hydrogens (tertiary/aromatic N) is 4. The van der Waals surface area contributed by atoms with Crippen LogP contribution in [0.4, 0.5) is 5.69 Å². The van der Waals surface area contributed by atoms with E-state index >= 15 is 0 Å². The molecule has 1 aliphatic rings. The van der Waals surface area contributed by atoms with Crippen LogP contribution in [0.25, 0.3) is 0 Å². The highest BCUT2D eigenvalue weighted by molar-refractivity contribution is 7.85. The lowest BCUT2D eigenvalue weighted by Crippen LogP contribution is -2.24. The number of hydrazone groups is 1. The Bertz CT molecular complexity index is 732. The van der Waals surface area contributed by atoms with E-state index in [0.29, 0.717) is 17.9 Å². The van der Waals surface area contributed by atoms with Crippen LogP contribution in [0.5, 0.6) is 0 Å². The Hall–Kier alpha value is -2.46. The van der Waals surface area contributed by atoms with Crippen LogP contribution in [0.3, 0.4) is 0 Å². The SMILES string of the molecule is CC1=NN(c2ccc(S(=O)(=O)O)cc2)/C(=N/N=C(N)N)C1. The molecule has 0 atom stereocenters. The molecule has 0 unspecified atom stereocenters. The van der Waals surface area contributed by atoms with Gasteiger partial charge in [0.25, 0.3) is 10.1 Å². The number of hydrogen-bond donors (Lipinski definition) is 3. The summed E-state index contributed by atoms with van der Waals surface area (Å²) in [6.45, 7) is 1.82. The number of amidine groups is 1. The Labute approximate surface area is 121 Å². The average Bonchev–Trinajstić information content (AvgIpc) is 2.77. The van der Waals surface area contributed by atoms with Gasteiger partial charge >= 0.3 is 0 Å². The van der Waals surface area contributed by atoms with Gasteiger partial charge in [-0.05, 0) is 31.2 Å². The third kappa shape index (κ3) is 3.55. The van der Waals surface area contributed by atoms with Crippen molar-refractivity contribution in [3.63, 3.8) is 0 Å². The van der Waals surface area contributed by atoms with E-state index in [1.807, 2.05) is 6.92 Å². The molecule has 1 heterocycles. The maximum atomic E-state index is 11.0. The quantitative estimate of drug-likeness (QED) is 0.312. The number of benzene rings is 1. The summed E-state index contributed by atoms with van der Waals surface area (Å²) in [5.41, 5.74) is 11.8. The zero-order chi connectivity index (χ0) is 15.6. The Balaban J connectivity index is 2.35. The van der Waals surface area contributed by atoms with Crippen LogP contribution < -0.4 is 16.5 Å². The van der Waals surface area contributed by atoms with Gasteiger partial charge < -0.3 is 11.5 Å². The molecule has 10 heteroatoms. The molecule has 0 radical (unpaired) electrons. The molecule has 0 amide bonds. The number of anilines is 1. The van der Waals surface area contributed by atoms with Crippen molar-refractivity contribution >= 4 is 33.3 Å². The maximum absolute atomic E-state index is 11.0. The van der Waals surface area contributed by atoms with Crippen molar-refractivity contribution in [3.8, 4) is 0 Å². The predicted octanol–water partition coefficient (Wildman–Crippen LogP) is 0.106. The maximum Gasteiger partial charge on any atom is 0.294 e. The van der Waals surface area contributed by atoms with E-state index in [1.54, 1.807) is 0 Å². The number of hydrogen-bond acceptors (Lipinski definition) is 5. The van der Waals surface area contributed by atoms with Crippen LogP contribution in [0.1, 0.15) is 13.3 Å². The van der Waals surface area contributed by atoms with Gasteiger partial charge in [0, 0.05) is 12.1 Å². The van der Waals surface area contributed by atoms with Gasteiger partial charge in [0.15, 0.2) is 5.84 Å². The molecule has 112 valence electrons. The summed E-state index contributed by atoms with van der Waals surface area (Å²) in [5.74, 6) is 0.328. The molecule has 0 aromatic heterocycles. The van der Waals surface area contributed by atoms with Gasteiger partial charge in [-0.1, -0.05) is 0 Å². The van der Waals surface area contributed by atoms with E-state index < -0.39 is 10.1 Å². The van der Waals surface area contributed by atoms with Crippen molar-refractivity contribution in [3.05, 3.63) is 24.3 Å². The minimum Gasteiger partial charge on any atom is -0.369 e. The monoisotopic (exact) mass is 310 g/mol. The Kier molecular flexibility index (Phi) is 3.91. The molecule has 0 fully saturated rings. The smallest absolute Gasteiger partial charge is 0.294 e. The molecular weight excluding hydrogens is 296 g/mol. The molecule has 0 saturated carbocycles. The van der Waals surface area contributed by atoms with Gasteiger partial charge in [0.05, 0.1) is 10.6 Å². The third-order valence-corrected chi connectivity index (χ3v) is 3.46. The topological polar surface area (TPSA) is 147 Å². The van der Waals surface area contributed by atoms with E-state index in [4.69, 9.17) is 16.0 Å².